The molecule has 18 heavy (non-hydrogen) atoms. The first-order valence-corrected chi connectivity index (χ1v) is 6.85. The predicted molar refractivity (Wildman–Crippen MR) is 70.0 cm³/mol. The van der Waals surface area contributed by atoms with E-state index in [0.29, 0.717) is 10.9 Å². The summed E-state index contributed by atoms with van der Waals surface area (Å²) >= 11 is 2.28. The monoisotopic (exact) mass is 284 g/mol. The predicted octanol–water partition coefficient (Wildman–Crippen LogP) is 3.39. The van der Waals surface area contributed by atoms with Crippen molar-refractivity contribution in [3.63, 3.8) is 0 Å². The molecule has 2 rings (SSSR count). The molecule has 2 aromatic heterocycles. The van der Waals surface area contributed by atoms with Crippen LogP contribution in [0.4, 0.5) is 0 Å². The summed E-state index contributed by atoms with van der Waals surface area (Å²) in [6.07, 6.45) is 0. The minimum atomic E-state index is -0.956. The fourth-order valence-electron chi connectivity index (χ4n) is 1.14. The molecule has 7 heteroatoms. The molecule has 5 nitrogen and oxygen atoms in total. The first-order valence-electron chi connectivity index (χ1n) is 5.20. The Labute approximate surface area is 112 Å². The van der Waals surface area contributed by atoms with Crippen LogP contribution in [0.1, 0.15) is 36.3 Å². The molecule has 1 N–H and O–H groups in total. The number of ether oxygens (including phenoxy) is 1. The normalized spacial score (nSPS) is 11.5. The molecule has 2 heterocycles. The zero-order valence-electron chi connectivity index (χ0n) is 10.1. The van der Waals surface area contributed by atoms with Gasteiger partial charge in [0, 0.05) is 28.4 Å². The van der Waals surface area contributed by atoms with Gasteiger partial charge in [0.1, 0.15) is 10.6 Å². The molecule has 0 saturated heterocycles. The largest absolute Gasteiger partial charge is 0.477 e. The Morgan fingerprint density at radius 2 is 2.17 bits per heavy atom. The van der Waals surface area contributed by atoms with Gasteiger partial charge in [-0.25, -0.2) is 4.79 Å². The third-order valence-corrected chi connectivity index (χ3v) is 3.56. The summed E-state index contributed by atoms with van der Waals surface area (Å²) in [7, 11) is 0. The summed E-state index contributed by atoms with van der Waals surface area (Å²) in [6, 6.07) is 1.48. The molecule has 0 unspecified atom stereocenters. The van der Waals surface area contributed by atoms with Gasteiger partial charge in [0.2, 0.25) is 0 Å². The Kier molecular flexibility index (Phi) is 3.36. The number of hydrogen-bond acceptors (Lipinski definition) is 6. The highest BCUT2D eigenvalue weighted by molar-refractivity contribution is 7.12. The molecule has 0 fully saturated rings. The van der Waals surface area contributed by atoms with Crippen LogP contribution in [0.25, 0.3) is 0 Å². The Bertz CT molecular complexity index is 569. The lowest BCUT2D eigenvalue weighted by molar-refractivity contribution is 0.0702. The molecule has 0 saturated carbocycles. The Balaban J connectivity index is 2.14. The van der Waals surface area contributed by atoms with E-state index in [1.54, 1.807) is 5.38 Å². The van der Waals surface area contributed by atoms with E-state index < -0.39 is 5.97 Å². The molecule has 0 aliphatic heterocycles. The zero-order chi connectivity index (χ0) is 13.3. The second-order valence-electron chi connectivity index (χ2n) is 4.69. The van der Waals surface area contributed by atoms with Gasteiger partial charge in [0.15, 0.2) is 5.82 Å². The zero-order valence-corrected chi connectivity index (χ0v) is 11.8. The maximum Gasteiger partial charge on any atom is 0.346 e. The van der Waals surface area contributed by atoms with Crippen molar-refractivity contribution in [2.45, 2.75) is 26.2 Å². The number of nitrogens with zero attached hydrogens (tertiary/aromatic N) is 2. The minimum absolute atomic E-state index is 0.126. The van der Waals surface area contributed by atoms with E-state index in [1.807, 2.05) is 20.8 Å². The number of carboxylic acid groups (broad SMARTS) is 1. The van der Waals surface area contributed by atoms with Crippen LogP contribution in [0, 0.1) is 0 Å². The van der Waals surface area contributed by atoms with Gasteiger partial charge in [-0.05, 0) is 0 Å². The Hall–Kier alpha value is -1.47. The molecule has 0 radical (unpaired) electrons. The van der Waals surface area contributed by atoms with Crippen LogP contribution in [0.15, 0.2) is 11.4 Å². The molecule has 0 aromatic carbocycles. The summed E-state index contributed by atoms with van der Waals surface area (Å²) in [5, 5.41) is 10.9. The summed E-state index contributed by atoms with van der Waals surface area (Å²) < 4.78 is 9.70. The van der Waals surface area contributed by atoms with E-state index >= 15 is 0 Å². The maximum absolute atomic E-state index is 10.7. The van der Waals surface area contributed by atoms with Gasteiger partial charge in [-0.3, -0.25) is 0 Å². The third-order valence-electron chi connectivity index (χ3n) is 2.07. The van der Waals surface area contributed by atoms with E-state index in [9.17, 15) is 4.79 Å². The van der Waals surface area contributed by atoms with Crippen molar-refractivity contribution in [1.29, 1.82) is 0 Å². The van der Waals surface area contributed by atoms with Gasteiger partial charge in [-0.15, -0.1) is 11.3 Å². The lowest BCUT2D eigenvalue weighted by Gasteiger charge is -2.11. The van der Waals surface area contributed by atoms with E-state index in [4.69, 9.17) is 9.84 Å². The molecular formula is C11H12N2O3S2. The van der Waals surface area contributed by atoms with E-state index in [2.05, 4.69) is 9.36 Å². The first-order chi connectivity index (χ1) is 8.36. The van der Waals surface area contributed by atoms with Crippen molar-refractivity contribution in [1.82, 2.24) is 9.36 Å². The third kappa shape index (κ3) is 2.85. The molecule has 0 aliphatic rings. The number of aromatic nitrogens is 2. The summed E-state index contributed by atoms with van der Waals surface area (Å²) in [5.41, 5.74) is -0.126. The van der Waals surface area contributed by atoms with Crippen LogP contribution in [0.2, 0.25) is 0 Å². The molecule has 2 aromatic rings. The van der Waals surface area contributed by atoms with Crippen LogP contribution < -0.4 is 4.74 Å². The number of carbonyl (C=O) groups is 1. The van der Waals surface area contributed by atoms with Crippen LogP contribution in [-0.4, -0.2) is 20.4 Å². The molecule has 0 aliphatic carbocycles. The number of hydrogen-bond donors (Lipinski definition) is 1. The van der Waals surface area contributed by atoms with Gasteiger partial charge in [0.25, 0.3) is 5.19 Å². The second kappa shape index (κ2) is 4.66. The van der Waals surface area contributed by atoms with Gasteiger partial charge < -0.3 is 9.84 Å². The number of carboxylic acids is 1. The first kappa shape index (κ1) is 13.0. The average molecular weight is 284 g/mol. The topological polar surface area (TPSA) is 72.3 Å². The molecule has 0 spiro atoms. The van der Waals surface area contributed by atoms with Crippen LogP contribution >= 0.6 is 22.9 Å². The lowest BCUT2D eigenvalue weighted by atomic mass is 9.96. The molecule has 0 amide bonds. The van der Waals surface area contributed by atoms with Crippen LogP contribution in [0.3, 0.4) is 0 Å². The lowest BCUT2D eigenvalue weighted by Crippen LogP contribution is -2.12. The highest BCUT2D eigenvalue weighted by Crippen LogP contribution is 2.30. The van der Waals surface area contributed by atoms with Gasteiger partial charge in [-0.2, -0.15) is 9.36 Å². The van der Waals surface area contributed by atoms with Crippen molar-refractivity contribution in [2.24, 2.45) is 0 Å². The van der Waals surface area contributed by atoms with Gasteiger partial charge in [-0.1, -0.05) is 20.8 Å². The van der Waals surface area contributed by atoms with Crippen LogP contribution in [-0.2, 0) is 5.41 Å². The fourth-order valence-corrected chi connectivity index (χ4v) is 2.53. The summed E-state index contributed by atoms with van der Waals surface area (Å²) in [6.45, 7) is 6.06. The highest BCUT2D eigenvalue weighted by Gasteiger charge is 2.20. The number of aromatic carboxylic acids is 1. The molecule has 0 bridgehead atoms. The number of rotatable bonds is 3. The SMILES string of the molecule is CC(C)(C)c1nsc(Oc2csc(C(=O)O)c2)n1. The van der Waals surface area contributed by atoms with Crippen LogP contribution in [0.5, 0.6) is 10.9 Å². The van der Waals surface area contributed by atoms with E-state index in [0.717, 1.165) is 28.7 Å². The molecule has 0 atom stereocenters. The molecular weight excluding hydrogens is 272 g/mol. The quantitative estimate of drug-likeness (QED) is 0.935. The molecule has 96 valence electrons. The van der Waals surface area contributed by atoms with Gasteiger partial charge in [0.05, 0.1) is 0 Å². The average Bonchev–Trinajstić information content (AvgIpc) is 2.85. The highest BCUT2D eigenvalue weighted by atomic mass is 32.1. The van der Waals surface area contributed by atoms with E-state index in [1.165, 1.54) is 6.07 Å². The Morgan fingerprint density at radius 1 is 1.44 bits per heavy atom. The van der Waals surface area contributed by atoms with Crippen molar-refractivity contribution in [3.05, 3.63) is 22.1 Å². The second-order valence-corrected chi connectivity index (χ2v) is 6.31. The van der Waals surface area contributed by atoms with Crippen molar-refractivity contribution in [3.8, 4) is 10.9 Å². The maximum atomic E-state index is 10.7. The van der Waals surface area contributed by atoms with E-state index in [-0.39, 0.29) is 10.3 Å². The Morgan fingerprint density at radius 3 is 2.67 bits per heavy atom. The minimum Gasteiger partial charge on any atom is -0.477 e. The summed E-state index contributed by atoms with van der Waals surface area (Å²) in [5.74, 6) is 0.243. The number of thiophene rings is 1. The van der Waals surface area contributed by atoms with Crippen molar-refractivity contribution in [2.75, 3.05) is 0 Å². The summed E-state index contributed by atoms with van der Waals surface area (Å²) in [4.78, 5) is 15.2. The van der Waals surface area contributed by atoms with Crippen molar-refractivity contribution >= 4 is 28.8 Å². The van der Waals surface area contributed by atoms with Gasteiger partial charge >= 0.3 is 5.97 Å². The fraction of sp³-hybridized carbons (Fsp3) is 0.364. The van der Waals surface area contributed by atoms with Crippen molar-refractivity contribution < 1.29 is 14.6 Å². The standard InChI is InChI=1S/C11H12N2O3S2/c1-11(2,3)9-12-10(18-13-9)16-6-4-7(8(14)15)17-5-6/h4-5H,1-3H3,(H,14,15). The smallest absolute Gasteiger partial charge is 0.346 e.